The maximum atomic E-state index is 7.40. The largest absolute Gasteiger partial charge is 0.344 e. The maximum Gasteiger partial charge on any atom is 0.132 e. The minimum Gasteiger partial charge on any atom is -0.344 e. The molecule has 0 unspecified atom stereocenters. The fourth-order valence-corrected chi connectivity index (χ4v) is 1.78. The van der Waals surface area contributed by atoms with Crippen LogP contribution in [-0.2, 0) is 6.42 Å². The van der Waals surface area contributed by atoms with Gasteiger partial charge < -0.3 is 10.4 Å². The van der Waals surface area contributed by atoms with Crippen LogP contribution in [0.5, 0.6) is 0 Å². The SMILES string of the molecule is CC(=N)CCCc1cc(C)c(N=CCC(C)C)[nH]1. The first kappa shape index (κ1) is 14.7. The normalized spacial score (nSPS) is 11.6. The van der Waals surface area contributed by atoms with Crippen LogP contribution in [0.1, 0.15) is 51.3 Å². The predicted molar refractivity (Wildman–Crippen MR) is 79.5 cm³/mol. The second-order valence-electron chi connectivity index (χ2n) is 5.40. The first-order valence-electron chi connectivity index (χ1n) is 6.74. The first-order chi connectivity index (χ1) is 8.49. The van der Waals surface area contributed by atoms with Gasteiger partial charge in [0.2, 0.25) is 0 Å². The van der Waals surface area contributed by atoms with Crippen LogP contribution in [0.25, 0.3) is 0 Å². The zero-order chi connectivity index (χ0) is 13.5. The zero-order valence-corrected chi connectivity index (χ0v) is 12.0. The van der Waals surface area contributed by atoms with E-state index in [2.05, 4.69) is 36.8 Å². The van der Waals surface area contributed by atoms with E-state index in [1.165, 1.54) is 11.3 Å². The van der Waals surface area contributed by atoms with Crippen molar-refractivity contribution in [1.82, 2.24) is 4.98 Å². The molecule has 1 heterocycles. The molecule has 0 saturated carbocycles. The molecule has 1 aromatic heterocycles. The van der Waals surface area contributed by atoms with Crippen molar-refractivity contribution in [2.45, 2.75) is 53.4 Å². The highest BCUT2D eigenvalue weighted by atomic mass is 14.9. The van der Waals surface area contributed by atoms with Crippen LogP contribution in [0, 0.1) is 18.3 Å². The zero-order valence-electron chi connectivity index (χ0n) is 12.0. The maximum absolute atomic E-state index is 7.40. The summed E-state index contributed by atoms with van der Waals surface area (Å²) in [5, 5.41) is 7.40. The van der Waals surface area contributed by atoms with E-state index in [9.17, 15) is 0 Å². The van der Waals surface area contributed by atoms with Crippen molar-refractivity contribution < 1.29 is 0 Å². The van der Waals surface area contributed by atoms with Crippen LogP contribution in [0.4, 0.5) is 5.82 Å². The Kier molecular flexibility index (Phi) is 5.83. The minimum absolute atomic E-state index is 0.652. The minimum atomic E-state index is 0.652. The summed E-state index contributed by atoms with van der Waals surface area (Å²) < 4.78 is 0. The number of nitrogens with one attached hydrogen (secondary N) is 2. The lowest BCUT2D eigenvalue weighted by Crippen LogP contribution is -1.91. The number of H-pyrrole nitrogens is 1. The molecular formula is C15H25N3. The van der Waals surface area contributed by atoms with Gasteiger partial charge >= 0.3 is 0 Å². The van der Waals surface area contributed by atoms with Crippen molar-refractivity contribution in [3.05, 3.63) is 17.3 Å². The topological polar surface area (TPSA) is 52.0 Å². The summed E-state index contributed by atoms with van der Waals surface area (Å²) in [6.07, 6.45) is 5.92. The molecule has 18 heavy (non-hydrogen) atoms. The van der Waals surface area contributed by atoms with Gasteiger partial charge in [-0.3, -0.25) is 0 Å². The van der Waals surface area contributed by atoms with E-state index in [0.29, 0.717) is 5.92 Å². The molecule has 1 rings (SSSR count). The summed E-state index contributed by atoms with van der Waals surface area (Å²) in [7, 11) is 0. The Morgan fingerprint density at radius 3 is 2.83 bits per heavy atom. The molecule has 3 nitrogen and oxygen atoms in total. The van der Waals surface area contributed by atoms with Crippen LogP contribution in [0.2, 0.25) is 0 Å². The average Bonchev–Trinajstić information content (AvgIpc) is 2.58. The lowest BCUT2D eigenvalue weighted by molar-refractivity contribution is 0.690. The number of aryl methyl sites for hydroxylation is 2. The van der Waals surface area contributed by atoms with E-state index in [-0.39, 0.29) is 0 Å². The van der Waals surface area contributed by atoms with Gasteiger partial charge in [-0.15, -0.1) is 0 Å². The molecule has 0 aliphatic rings. The molecule has 0 aliphatic heterocycles. The standard InChI is InChI=1S/C15H25N3/c1-11(2)8-9-17-15-12(3)10-14(18-15)7-5-6-13(4)16/h9-11,16,18H,5-8H2,1-4H3. The molecule has 0 aromatic carbocycles. The third kappa shape index (κ3) is 5.30. The van der Waals surface area contributed by atoms with Crippen molar-refractivity contribution >= 4 is 17.7 Å². The molecular weight excluding hydrogens is 222 g/mol. The van der Waals surface area contributed by atoms with Crippen molar-refractivity contribution in [3.63, 3.8) is 0 Å². The number of nitrogens with zero attached hydrogens (tertiary/aromatic N) is 1. The van der Waals surface area contributed by atoms with Gasteiger partial charge in [0, 0.05) is 17.6 Å². The van der Waals surface area contributed by atoms with Crippen molar-refractivity contribution in [1.29, 1.82) is 5.41 Å². The molecule has 100 valence electrons. The van der Waals surface area contributed by atoms with E-state index in [4.69, 9.17) is 5.41 Å². The summed E-state index contributed by atoms with van der Waals surface area (Å²) in [5.41, 5.74) is 3.19. The lowest BCUT2D eigenvalue weighted by Gasteiger charge is -1.98. The fraction of sp³-hybridized carbons (Fsp3) is 0.600. The van der Waals surface area contributed by atoms with Crippen LogP contribution < -0.4 is 0 Å². The second kappa shape index (κ2) is 7.14. The van der Waals surface area contributed by atoms with E-state index in [1.807, 2.05) is 13.1 Å². The van der Waals surface area contributed by atoms with Gasteiger partial charge in [0.15, 0.2) is 0 Å². The number of aliphatic imine (C=N–C) groups is 1. The molecule has 0 bridgehead atoms. The second-order valence-corrected chi connectivity index (χ2v) is 5.40. The molecule has 0 spiro atoms. The van der Waals surface area contributed by atoms with Crippen molar-refractivity contribution in [2.24, 2.45) is 10.9 Å². The highest BCUT2D eigenvalue weighted by molar-refractivity contribution is 5.78. The van der Waals surface area contributed by atoms with E-state index in [0.717, 1.165) is 37.2 Å². The molecule has 0 radical (unpaired) electrons. The van der Waals surface area contributed by atoms with Gasteiger partial charge in [0.05, 0.1) is 0 Å². The molecule has 0 aliphatic carbocycles. The Labute approximate surface area is 110 Å². The van der Waals surface area contributed by atoms with Gasteiger partial charge in [0.1, 0.15) is 5.82 Å². The molecule has 2 N–H and O–H groups in total. The first-order valence-corrected chi connectivity index (χ1v) is 6.74. The predicted octanol–water partition coefficient (Wildman–Crippen LogP) is 4.43. The molecule has 3 heteroatoms. The van der Waals surface area contributed by atoms with E-state index in [1.54, 1.807) is 0 Å². The van der Waals surface area contributed by atoms with Crippen molar-refractivity contribution in [3.8, 4) is 0 Å². The van der Waals surface area contributed by atoms with Crippen molar-refractivity contribution in [2.75, 3.05) is 0 Å². The smallest absolute Gasteiger partial charge is 0.132 e. The van der Waals surface area contributed by atoms with Crippen LogP contribution in [-0.4, -0.2) is 16.9 Å². The molecule has 0 atom stereocenters. The highest BCUT2D eigenvalue weighted by Crippen LogP contribution is 2.19. The van der Waals surface area contributed by atoms with E-state index < -0.39 is 0 Å². The number of rotatable bonds is 7. The Morgan fingerprint density at radius 1 is 1.50 bits per heavy atom. The van der Waals surface area contributed by atoms with Gasteiger partial charge in [-0.05, 0) is 57.1 Å². The van der Waals surface area contributed by atoms with E-state index >= 15 is 0 Å². The monoisotopic (exact) mass is 247 g/mol. The van der Waals surface area contributed by atoms with Gasteiger partial charge in [-0.1, -0.05) is 13.8 Å². The highest BCUT2D eigenvalue weighted by Gasteiger charge is 2.03. The Morgan fingerprint density at radius 2 is 2.22 bits per heavy atom. The summed E-state index contributed by atoms with van der Waals surface area (Å²) in [6, 6.07) is 2.17. The number of aromatic nitrogens is 1. The number of aromatic amines is 1. The fourth-order valence-electron chi connectivity index (χ4n) is 1.78. The molecule has 0 saturated heterocycles. The van der Waals surface area contributed by atoms with Crippen LogP contribution >= 0.6 is 0 Å². The Hall–Kier alpha value is -1.38. The molecule has 0 fully saturated rings. The third-order valence-corrected chi connectivity index (χ3v) is 2.84. The molecule has 1 aromatic rings. The van der Waals surface area contributed by atoms with Crippen LogP contribution in [0.15, 0.2) is 11.1 Å². The Balaban J connectivity index is 2.53. The summed E-state index contributed by atoms with van der Waals surface area (Å²) in [6.45, 7) is 8.34. The third-order valence-electron chi connectivity index (χ3n) is 2.84. The Bertz CT molecular complexity index is 413. The van der Waals surface area contributed by atoms with Crippen LogP contribution in [0.3, 0.4) is 0 Å². The average molecular weight is 247 g/mol. The summed E-state index contributed by atoms with van der Waals surface area (Å²) in [5.74, 6) is 1.64. The van der Waals surface area contributed by atoms with Gasteiger partial charge in [0.25, 0.3) is 0 Å². The summed E-state index contributed by atoms with van der Waals surface area (Å²) >= 11 is 0. The lowest BCUT2D eigenvalue weighted by atomic mass is 10.1. The number of hydrogen-bond donors (Lipinski definition) is 2. The van der Waals surface area contributed by atoms with Gasteiger partial charge in [-0.2, -0.15) is 0 Å². The quantitative estimate of drug-likeness (QED) is 0.670. The molecule has 0 amide bonds. The summed E-state index contributed by atoms with van der Waals surface area (Å²) in [4.78, 5) is 7.85. The number of hydrogen-bond acceptors (Lipinski definition) is 2. The van der Waals surface area contributed by atoms with Gasteiger partial charge in [-0.25, -0.2) is 4.99 Å².